The molecule has 1 aromatic heterocycles. The number of nitro benzene ring substituents is 1. The number of nitrogens with zero attached hydrogens (tertiary/aromatic N) is 3. The zero-order valence-corrected chi connectivity index (χ0v) is 15.6. The molecule has 1 amide bonds. The minimum atomic E-state index is -0.611. The summed E-state index contributed by atoms with van der Waals surface area (Å²) in [5.41, 5.74) is 0.618. The molecule has 1 heterocycles. The van der Waals surface area contributed by atoms with Crippen molar-refractivity contribution in [3.63, 3.8) is 0 Å². The molecule has 0 aliphatic heterocycles. The Labute approximate surface area is 168 Å². The smallest absolute Gasteiger partial charge is 0.270 e. The molecule has 0 saturated heterocycles. The number of amides is 1. The minimum Gasteiger partial charge on any atom is -0.350 e. The SMILES string of the molecule is O=C(NCCn1nc(-c2ccc(F)cc2)ccc1=O)c1ccc([N+](=O)[O-])cc1Cl. The van der Waals surface area contributed by atoms with Gasteiger partial charge in [-0.25, -0.2) is 9.07 Å². The predicted octanol–water partition coefficient (Wildman–Crippen LogP) is 3.04. The van der Waals surface area contributed by atoms with Crippen LogP contribution in [-0.2, 0) is 6.54 Å². The fourth-order valence-electron chi connectivity index (χ4n) is 2.56. The number of non-ortho nitro benzene ring substituents is 1. The maximum Gasteiger partial charge on any atom is 0.270 e. The Hall–Kier alpha value is -3.59. The molecule has 2 aromatic carbocycles. The van der Waals surface area contributed by atoms with Gasteiger partial charge in [0, 0.05) is 30.3 Å². The Kier molecular flexibility index (Phi) is 5.99. The Balaban J connectivity index is 1.68. The Morgan fingerprint density at radius 3 is 2.55 bits per heavy atom. The predicted molar refractivity (Wildman–Crippen MR) is 104 cm³/mol. The number of benzene rings is 2. The lowest BCUT2D eigenvalue weighted by Gasteiger charge is -2.09. The van der Waals surface area contributed by atoms with Gasteiger partial charge >= 0.3 is 0 Å². The number of hydrogen-bond donors (Lipinski definition) is 1. The van der Waals surface area contributed by atoms with Gasteiger partial charge in [0.2, 0.25) is 0 Å². The van der Waals surface area contributed by atoms with Crippen molar-refractivity contribution in [2.75, 3.05) is 6.54 Å². The molecule has 0 atom stereocenters. The van der Waals surface area contributed by atoms with Crippen LogP contribution in [0.25, 0.3) is 11.3 Å². The number of carbonyl (C=O) groups is 1. The molecule has 0 radical (unpaired) electrons. The van der Waals surface area contributed by atoms with Crippen molar-refractivity contribution in [1.82, 2.24) is 15.1 Å². The molecule has 3 rings (SSSR count). The second kappa shape index (κ2) is 8.61. The Bertz CT molecular complexity index is 1130. The minimum absolute atomic E-state index is 0.0506. The second-order valence-corrected chi connectivity index (χ2v) is 6.37. The van der Waals surface area contributed by atoms with Crippen LogP contribution in [0.2, 0.25) is 5.02 Å². The number of rotatable bonds is 6. The van der Waals surface area contributed by atoms with E-state index >= 15 is 0 Å². The summed E-state index contributed by atoms with van der Waals surface area (Å²) in [6.07, 6.45) is 0. The summed E-state index contributed by atoms with van der Waals surface area (Å²) >= 11 is 5.93. The van der Waals surface area contributed by atoms with E-state index in [0.29, 0.717) is 11.3 Å². The lowest BCUT2D eigenvalue weighted by molar-refractivity contribution is -0.384. The molecule has 1 N–H and O–H groups in total. The van der Waals surface area contributed by atoms with Crippen LogP contribution in [0.3, 0.4) is 0 Å². The van der Waals surface area contributed by atoms with Gasteiger partial charge in [0.15, 0.2) is 0 Å². The molecular formula is C19H14ClFN4O4. The molecule has 0 spiro atoms. The van der Waals surface area contributed by atoms with E-state index in [-0.39, 0.29) is 40.7 Å². The third kappa shape index (κ3) is 4.82. The van der Waals surface area contributed by atoms with E-state index in [9.17, 15) is 24.1 Å². The van der Waals surface area contributed by atoms with Gasteiger partial charge in [-0.1, -0.05) is 11.6 Å². The van der Waals surface area contributed by atoms with Crippen LogP contribution >= 0.6 is 11.6 Å². The summed E-state index contributed by atoms with van der Waals surface area (Å²) in [5, 5.41) is 17.5. The molecule has 148 valence electrons. The highest BCUT2D eigenvalue weighted by Gasteiger charge is 2.14. The summed E-state index contributed by atoms with van der Waals surface area (Å²) < 4.78 is 14.2. The molecule has 0 aliphatic rings. The van der Waals surface area contributed by atoms with E-state index < -0.39 is 10.8 Å². The summed E-state index contributed by atoms with van der Waals surface area (Å²) in [7, 11) is 0. The van der Waals surface area contributed by atoms with Crippen molar-refractivity contribution in [2.24, 2.45) is 0 Å². The third-order valence-electron chi connectivity index (χ3n) is 4.02. The van der Waals surface area contributed by atoms with Gasteiger partial charge < -0.3 is 5.32 Å². The Morgan fingerprint density at radius 1 is 1.17 bits per heavy atom. The van der Waals surface area contributed by atoms with Crippen molar-refractivity contribution < 1.29 is 14.1 Å². The number of nitro groups is 1. The van der Waals surface area contributed by atoms with Crippen molar-refractivity contribution >= 4 is 23.2 Å². The highest BCUT2D eigenvalue weighted by atomic mass is 35.5. The monoisotopic (exact) mass is 416 g/mol. The van der Waals surface area contributed by atoms with Crippen molar-refractivity contribution in [3.8, 4) is 11.3 Å². The van der Waals surface area contributed by atoms with Crippen LogP contribution in [0.1, 0.15) is 10.4 Å². The topological polar surface area (TPSA) is 107 Å². The van der Waals surface area contributed by atoms with Crippen LogP contribution in [0, 0.1) is 15.9 Å². The van der Waals surface area contributed by atoms with Crippen LogP contribution in [0.4, 0.5) is 10.1 Å². The molecule has 29 heavy (non-hydrogen) atoms. The number of aromatic nitrogens is 2. The van der Waals surface area contributed by atoms with Gasteiger partial charge in [0.25, 0.3) is 17.2 Å². The molecule has 0 unspecified atom stereocenters. The highest BCUT2D eigenvalue weighted by Crippen LogP contribution is 2.22. The number of halogens is 2. The van der Waals surface area contributed by atoms with Crippen LogP contribution in [0.5, 0.6) is 0 Å². The van der Waals surface area contributed by atoms with Gasteiger partial charge in [0.1, 0.15) is 5.82 Å². The van der Waals surface area contributed by atoms with Crippen molar-refractivity contribution in [1.29, 1.82) is 0 Å². The van der Waals surface area contributed by atoms with Gasteiger partial charge in [0.05, 0.1) is 27.7 Å². The standard InChI is InChI=1S/C19H14ClFN4O4/c20-16-11-14(25(28)29)5-6-15(16)19(27)22-9-10-24-18(26)8-7-17(23-24)12-1-3-13(21)4-2-12/h1-8,11H,9-10H2,(H,22,27). The molecular weight excluding hydrogens is 403 g/mol. The molecule has 10 heteroatoms. The third-order valence-corrected chi connectivity index (χ3v) is 4.34. The summed E-state index contributed by atoms with van der Waals surface area (Å²) in [5.74, 6) is -0.915. The normalized spacial score (nSPS) is 10.6. The maximum absolute atomic E-state index is 13.1. The van der Waals surface area contributed by atoms with Gasteiger partial charge in [-0.2, -0.15) is 5.10 Å². The molecule has 8 nitrogen and oxygen atoms in total. The van der Waals surface area contributed by atoms with E-state index in [0.717, 1.165) is 6.07 Å². The molecule has 0 aliphatic carbocycles. The summed E-state index contributed by atoms with van der Waals surface area (Å²) in [4.78, 5) is 34.4. The average molecular weight is 417 g/mol. The second-order valence-electron chi connectivity index (χ2n) is 5.96. The van der Waals surface area contributed by atoms with Gasteiger partial charge in [-0.05, 0) is 36.4 Å². The average Bonchev–Trinajstić information content (AvgIpc) is 2.69. The highest BCUT2D eigenvalue weighted by molar-refractivity contribution is 6.34. The zero-order valence-electron chi connectivity index (χ0n) is 14.8. The van der Waals surface area contributed by atoms with E-state index in [2.05, 4.69) is 10.4 Å². The largest absolute Gasteiger partial charge is 0.350 e. The number of hydrogen-bond acceptors (Lipinski definition) is 5. The lowest BCUT2D eigenvalue weighted by Crippen LogP contribution is -2.32. The van der Waals surface area contributed by atoms with E-state index in [1.54, 1.807) is 12.1 Å². The number of nitrogens with one attached hydrogen (secondary N) is 1. The van der Waals surface area contributed by atoms with E-state index in [4.69, 9.17) is 11.6 Å². The molecule has 0 bridgehead atoms. The van der Waals surface area contributed by atoms with Crippen molar-refractivity contribution in [2.45, 2.75) is 6.54 Å². The molecule has 0 fully saturated rings. The van der Waals surface area contributed by atoms with E-state index in [1.807, 2.05) is 0 Å². The molecule has 0 saturated carbocycles. The van der Waals surface area contributed by atoms with Crippen LogP contribution in [-0.4, -0.2) is 27.2 Å². The van der Waals surface area contributed by atoms with Gasteiger partial charge in [-0.3, -0.25) is 19.7 Å². The first kappa shape index (κ1) is 20.2. The summed E-state index contributed by atoms with van der Waals surface area (Å²) in [6, 6.07) is 12.1. The fourth-order valence-corrected chi connectivity index (χ4v) is 2.82. The fraction of sp³-hybridized carbons (Fsp3) is 0.105. The van der Waals surface area contributed by atoms with Crippen molar-refractivity contribution in [3.05, 3.63) is 91.5 Å². The Morgan fingerprint density at radius 2 is 1.90 bits per heavy atom. The van der Waals surface area contributed by atoms with Crippen LogP contribution < -0.4 is 10.9 Å². The summed E-state index contributed by atoms with van der Waals surface area (Å²) in [6.45, 7) is 0.163. The lowest BCUT2D eigenvalue weighted by atomic mass is 10.1. The van der Waals surface area contributed by atoms with E-state index in [1.165, 1.54) is 41.1 Å². The zero-order chi connectivity index (χ0) is 21.0. The maximum atomic E-state index is 13.1. The van der Waals surface area contributed by atoms with Crippen LogP contribution in [0.15, 0.2) is 59.4 Å². The number of carbonyl (C=O) groups excluding carboxylic acids is 1. The quantitative estimate of drug-likeness (QED) is 0.491. The first-order valence-electron chi connectivity index (χ1n) is 8.41. The molecule has 3 aromatic rings. The van der Waals surface area contributed by atoms with Gasteiger partial charge in [-0.15, -0.1) is 0 Å². The first-order chi connectivity index (χ1) is 13.8. The first-order valence-corrected chi connectivity index (χ1v) is 8.79.